The van der Waals surface area contributed by atoms with Crippen LogP contribution in [0.5, 0.6) is 0 Å². The Morgan fingerprint density at radius 3 is 1.83 bits per heavy atom. The fourth-order valence-corrected chi connectivity index (χ4v) is 6.36. The maximum Gasteiger partial charge on any atom is 0.326 e. The number of unbranched alkanes of at least 4 members (excludes halogenated alkanes) is 1. The summed E-state index contributed by atoms with van der Waals surface area (Å²) in [6.07, 6.45) is 0.251. The first kappa shape index (κ1) is 49.5. The van der Waals surface area contributed by atoms with E-state index in [-0.39, 0.29) is 31.7 Å². The highest BCUT2D eigenvalue weighted by atomic mass is 16.4. The zero-order chi connectivity index (χ0) is 44.2. The topological polar surface area (TPSA) is 330 Å². The predicted octanol–water partition coefficient (Wildman–Crippen LogP) is -1.02. The molecule has 1 aromatic carbocycles. The number of hydrogen-bond donors (Lipinski definition) is 10. The molecular weight excluding hydrogens is 772 g/mol. The average molecular weight is 833 g/mol. The van der Waals surface area contributed by atoms with Gasteiger partial charge in [-0.15, -0.1) is 0 Å². The summed E-state index contributed by atoms with van der Waals surface area (Å²) in [5.74, 6) is -8.95. The van der Waals surface area contributed by atoms with Crippen molar-refractivity contribution >= 4 is 53.4 Å². The number of aliphatic carboxylic acids is 3. The molecule has 59 heavy (non-hydrogen) atoms. The summed E-state index contributed by atoms with van der Waals surface area (Å²) in [4.78, 5) is 117. The molecule has 6 amide bonds. The van der Waals surface area contributed by atoms with E-state index >= 15 is 0 Å². The third-order valence-corrected chi connectivity index (χ3v) is 10.2. The highest BCUT2D eigenvalue weighted by Crippen LogP contribution is 2.21. The molecule has 328 valence electrons. The Balaban J connectivity index is 2.25. The largest absolute Gasteiger partial charge is 0.481 e. The molecule has 1 aromatic rings. The molecule has 20 heteroatoms. The molecule has 8 unspecified atom stereocenters. The predicted molar refractivity (Wildman–Crippen MR) is 212 cm³/mol. The lowest BCUT2D eigenvalue weighted by Crippen LogP contribution is -2.59. The monoisotopic (exact) mass is 832 g/mol. The lowest BCUT2D eigenvalue weighted by atomic mass is 9.98. The fraction of sp³-hybridized carbons (Fsp3) is 0.615. The quantitative estimate of drug-likeness (QED) is 0.0500. The van der Waals surface area contributed by atoms with E-state index in [0.717, 1.165) is 0 Å². The zero-order valence-electron chi connectivity index (χ0n) is 33.8. The number of nitrogens with zero attached hydrogens (tertiary/aromatic N) is 1. The number of carbonyl (C=O) groups excluding carboxylic acids is 6. The summed E-state index contributed by atoms with van der Waals surface area (Å²) in [5, 5.41) is 40.7. The van der Waals surface area contributed by atoms with E-state index in [1.54, 1.807) is 37.3 Å². The number of likely N-dealkylation sites (tertiary alicyclic amines) is 1. The van der Waals surface area contributed by atoms with Gasteiger partial charge in [0.05, 0.1) is 6.04 Å². The first-order valence-corrected chi connectivity index (χ1v) is 19.9. The van der Waals surface area contributed by atoms with E-state index < -0.39 is 121 Å². The molecule has 20 nitrogen and oxygen atoms in total. The fourth-order valence-electron chi connectivity index (χ4n) is 6.36. The molecule has 0 aliphatic carbocycles. The van der Waals surface area contributed by atoms with Crippen LogP contribution in [-0.2, 0) is 49.6 Å². The van der Waals surface area contributed by atoms with Crippen molar-refractivity contribution < 1.29 is 58.5 Å². The van der Waals surface area contributed by atoms with Crippen molar-refractivity contribution in [3.8, 4) is 0 Å². The Hall–Kier alpha value is -5.63. The Kier molecular flexibility index (Phi) is 21.0. The minimum absolute atomic E-state index is 0.0492. The van der Waals surface area contributed by atoms with Crippen LogP contribution >= 0.6 is 0 Å². The number of nitrogens with one attached hydrogen (secondary N) is 5. The van der Waals surface area contributed by atoms with Crippen LogP contribution in [0, 0.1) is 5.92 Å². The van der Waals surface area contributed by atoms with E-state index in [1.807, 2.05) is 6.92 Å². The molecule has 1 saturated heterocycles. The van der Waals surface area contributed by atoms with Gasteiger partial charge in [0.15, 0.2) is 0 Å². The van der Waals surface area contributed by atoms with Crippen molar-refractivity contribution in [1.82, 2.24) is 31.5 Å². The Morgan fingerprint density at radius 2 is 1.27 bits per heavy atom. The number of nitrogens with two attached hydrogens (primary N) is 2. The van der Waals surface area contributed by atoms with Gasteiger partial charge >= 0.3 is 17.9 Å². The second-order valence-corrected chi connectivity index (χ2v) is 14.8. The molecule has 0 saturated carbocycles. The van der Waals surface area contributed by atoms with Gasteiger partial charge in [-0.25, -0.2) is 4.79 Å². The number of amides is 6. The third-order valence-electron chi connectivity index (χ3n) is 10.2. The number of carboxylic acids is 3. The average Bonchev–Trinajstić information content (AvgIpc) is 3.69. The number of rotatable bonds is 26. The van der Waals surface area contributed by atoms with Crippen LogP contribution in [0.3, 0.4) is 0 Å². The summed E-state index contributed by atoms with van der Waals surface area (Å²) in [6, 6.07) is -0.376. The molecule has 0 aromatic heterocycles. The first-order chi connectivity index (χ1) is 27.9. The van der Waals surface area contributed by atoms with Gasteiger partial charge in [-0.1, -0.05) is 50.6 Å². The van der Waals surface area contributed by atoms with Crippen LogP contribution in [0.2, 0.25) is 0 Å². The van der Waals surface area contributed by atoms with Crippen LogP contribution in [0.4, 0.5) is 0 Å². The lowest BCUT2D eigenvalue weighted by Gasteiger charge is -2.30. The highest BCUT2D eigenvalue weighted by molar-refractivity contribution is 5.97. The summed E-state index contributed by atoms with van der Waals surface area (Å²) in [5.41, 5.74) is 12.3. The Labute approximate surface area is 342 Å². The van der Waals surface area contributed by atoms with Crippen LogP contribution in [0.25, 0.3) is 0 Å². The number of carbonyl (C=O) groups is 9. The van der Waals surface area contributed by atoms with Crippen LogP contribution in [-0.4, -0.2) is 129 Å². The van der Waals surface area contributed by atoms with Gasteiger partial charge in [-0.3, -0.25) is 38.4 Å². The zero-order valence-corrected chi connectivity index (χ0v) is 33.8. The van der Waals surface area contributed by atoms with E-state index in [2.05, 4.69) is 26.6 Å². The molecule has 0 bridgehead atoms. The van der Waals surface area contributed by atoms with Gasteiger partial charge in [0.1, 0.15) is 36.3 Å². The van der Waals surface area contributed by atoms with Gasteiger partial charge in [0.25, 0.3) is 0 Å². The smallest absolute Gasteiger partial charge is 0.326 e. The van der Waals surface area contributed by atoms with E-state index in [9.17, 15) is 58.5 Å². The van der Waals surface area contributed by atoms with Gasteiger partial charge in [-0.05, 0) is 69.9 Å². The van der Waals surface area contributed by atoms with Crippen LogP contribution in [0.15, 0.2) is 30.3 Å². The van der Waals surface area contributed by atoms with E-state index in [4.69, 9.17) is 11.5 Å². The molecule has 12 N–H and O–H groups in total. The summed E-state index contributed by atoms with van der Waals surface area (Å²) in [6.45, 7) is 5.51. The Bertz CT molecular complexity index is 1630. The summed E-state index contributed by atoms with van der Waals surface area (Å²) in [7, 11) is 0. The Morgan fingerprint density at radius 1 is 0.729 bits per heavy atom. The molecule has 0 radical (unpaired) electrons. The maximum absolute atomic E-state index is 13.6. The van der Waals surface area contributed by atoms with Gasteiger partial charge in [0.2, 0.25) is 35.4 Å². The van der Waals surface area contributed by atoms with E-state index in [1.165, 1.54) is 11.8 Å². The summed E-state index contributed by atoms with van der Waals surface area (Å²) >= 11 is 0. The van der Waals surface area contributed by atoms with Crippen molar-refractivity contribution in [2.45, 2.75) is 134 Å². The molecular formula is C39H60N8O12. The molecule has 1 aliphatic heterocycles. The molecule has 1 fully saturated rings. The SMILES string of the molecule is CCC(C)C(N)C(=O)N1CCCC1C(=O)NC(CCC(=O)O)C(=O)NC(CCC(=O)O)C(=O)NC(C)C(=O)NC(Cc1ccccc1)C(=O)NC(CCCCN)C(=O)O. The first-order valence-electron chi connectivity index (χ1n) is 19.9. The molecule has 1 heterocycles. The van der Waals surface area contributed by atoms with Gasteiger partial charge in [-0.2, -0.15) is 0 Å². The lowest BCUT2D eigenvalue weighted by molar-refractivity contribution is -0.142. The third kappa shape index (κ3) is 16.6. The van der Waals surface area contributed by atoms with E-state index in [0.29, 0.717) is 37.8 Å². The maximum atomic E-state index is 13.6. The molecule has 1 aliphatic rings. The summed E-state index contributed by atoms with van der Waals surface area (Å²) < 4.78 is 0. The van der Waals surface area contributed by atoms with Crippen LogP contribution < -0.4 is 38.1 Å². The number of carboxylic acid groups (broad SMARTS) is 3. The second-order valence-electron chi connectivity index (χ2n) is 14.8. The van der Waals surface area contributed by atoms with Crippen molar-refractivity contribution in [3.05, 3.63) is 35.9 Å². The molecule has 2 rings (SSSR count). The van der Waals surface area contributed by atoms with Crippen LogP contribution in [0.1, 0.15) is 90.5 Å². The van der Waals surface area contributed by atoms with Crippen molar-refractivity contribution in [3.63, 3.8) is 0 Å². The molecule has 0 spiro atoms. The van der Waals surface area contributed by atoms with Gasteiger partial charge < -0.3 is 58.3 Å². The molecule has 8 atom stereocenters. The standard InChI is InChI=1S/C39H60N8O12/c1-4-22(2)32(41)38(57)47-20-10-14-29(47)37(56)44-26(16-18-31(50)51)35(54)43-25(15-17-30(48)49)34(53)42-23(3)33(52)46-28(21-24-11-6-5-7-12-24)36(55)45-27(39(58)59)13-8-9-19-40/h5-7,11-12,22-23,25-29,32H,4,8-10,13-21,40-41H2,1-3H3,(H,42,53)(H,43,54)(H,44,56)(H,45,55)(H,46,52)(H,48,49)(H,50,51)(H,58,59). The minimum atomic E-state index is -1.59. The minimum Gasteiger partial charge on any atom is -0.481 e. The number of benzene rings is 1. The van der Waals surface area contributed by atoms with Gasteiger partial charge in [0, 0.05) is 25.8 Å². The highest BCUT2D eigenvalue weighted by Gasteiger charge is 2.39. The number of hydrogen-bond acceptors (Lipinski definition) is 11. The van der Waals surface area contributed by atoms with Crippen molar-refractivity contribution in [1.29, 1.82) is 0 Å². The normalized spacial score (nSPS) is 17.2. The second kappa shape index (κ2) is 25.0. The van der Waals surface area contributed by atoms with Crippen molar-refractivity contribution in [2.24, 2.45) is 17.4 Å². The van der Waals surface area contributed by atoms with Crippen molar-refractivity contribution in [2.75, 3.05) is 13.1 Å².